The number of thiocarbonyl (C=S) groups is 1. The maximum atomic E-state index is 6.26. The highest BCUT2D eigenvalue weighted by molar-refractivity contribution is 7.80. The van der Waals surface area contributed by atoms with Crippen LogP contribution in [0, 0.1) is 6.92 Å². The Hall–Kier alpha value is -3.25. The molecule has 0 spiro atoms. The van der Waals surface area contributed by atoms with Crippen LogP contribution in [0.3, 0.4) is 0 Å². The smallest absolute Gasteiger partial charge is 0.174 e. The Labute approximate surface area is 207 Å². The van der Waals surface area contributed by atoms with E-state index in [9.17, 15) is 0 Å². The van der Waals surface area contributed by atoms with E-state index in [0.29, 0.717) is 11.7 Å². The zero-order valence-corrected chi connectivity index (χ0v) is 21.1. The van der Waals surface area contributed by atoms with Crippen LogP contribution in [0.4, 0.5) is 5.69 Å². The molecule has 0 aromatic heterocycles. The third kappa shape index (κ3) is 5.28. The number of aryl methyl sites for hydroxylation is 2. The molecule has 0 fully saturated rings. The van der Waals surface area contributed by atoms with Crippen LogP contribution < -0.4 is 19.5 Å². The normalized spacial score (nSPS) is 14.8. The van der Waals surface area contributed by atoms with Crippen molar-refractivity contribution in [3.8, 4) is 17.2 Å². The number of nitrogens with zero attached hydrogens (tertiary/aromatic N) is 1. The summed E-state index contributed by atoms with van der Waals surface area (Å²) >= 11 is 5.89. The van der Waals surface area contributed by atoms with Gasteiger partial charge >= 0.3 is 0 Å². The van der Waals surface area contributed by atoms with E-state index in [0.717, 1.165) is 42.3 Å². The summed E-state index contributed by atoms with van der Waals surface area (Å²) in [5.74, 6) is 2.51. The third-order valence-corrected chi connectivity index (χ3v) is 6.61. The van der Waals surface area contributed by atoms with Crippen LogP contribution in [-0.4, -0.2) is 37.4 Å². The topological polar surface area (TPSA) is 43.0 Å². The fourth-order valence-electron chi connectivity index (χ4n) is 4.44. The molecular weight excluding hydrogens is 444 g/mol. The summed E-state index contributed by atoms with van der Waals surface area (Å²) in [4.78, 5) is 2.23. The van der Waals surface area contributed by atoms with Crippen LogP contribution in [0.25, 0.3) is 0 Å². The number of fused-ring (bicyclic) bond motifs is 1. The van der Waals surface area contributed by atoms with Gasteiger partial charge in [0.25, 0.3) is 0 Å². The van der Waals surface area contributed by atoms with Crippen molar-refractivity contribution < 1.29 is 14.2 Å². The van der Waals surface area contributed by atoms with E-state index in [-0.39, 0.29) is 6.04 Å². The maximum absolute atomic E-state index is 6.26. The van der Waals surface area contributed by atoms with Gasteiger partial charge in [-0.15, -0.1) is 0 Å². The summed E-state index contributed by atoms with van der Waals surface area (Å²) in [5, 5.41) is 4.12. The van der Waals surface area contributed by atoms with Gasteiger partial charge in [0.2, 0.25) is 0 Å². The molecule has 1 atom stereocenters. The minimum absolute atomic E-state index is 0.0459. The van der Waals surface area contributed by atoms with Gasteiger partial charge in [-0.05, 0) is 96.7 Å². The average Bonchev–Trinajstić information content (AvgIpc) is 2.86. The molecule has 178 valence electrons. The summed E-state index contributed by atoms with van der Waals surface area (Å²) < 4.78 is 17.2. The third-order valence-electron chi connectivity index (χ3n) is 6.28. The molecule has 1 aliphatic heterocycles. The lowest BCUT2D eigenvalue weighted by Crippen LogP contribution is -2.44. The first-order valence-corrected chi connectivity index (χ1v) is 12.0. The first-order valence-electron chi connectivity index (χ1n) is 11.6. The van der Waals surface area contributed by atoms with E-state index in [2.05, 4.69) is 48.3 Å². The molecule has 0 saturated heterocycles. The molecule has 3 aromatic carbocycles. The predicted molar refractivity (Wildman–Crippen MR) is 141 cm³/mol. The summed E-state index contributed by atoms with van der Waals surface area (Å²) in [5.41, 5.74) is 5.93. The largest absolute Gasteiger partial charge is 0.497 e. The molecule has 0 aliphatic carbocycles. The van der Waals surface area contributed by atoms with Crippen LogP contribution >= 0.6 is 12.2 Å². The van der Waals surface area contributed by atoms with Crippen molar-refractivity contribution in [2.75, 3.05) is 32.7 Å². The maximum Gasteiger partial charge on any atom is 0.174 e. The second-order valence-corrected chi connectivity index (χ2v) is 8.85. The summed E-state index contributed by atoms with van der Waals surface area (Å²) in [6, 6.07) is 20.3. The standard InChI is InChI=1S/C28H32N2O3S/c1-5-20-16-21-13-14-30(28(34)29-22-8-6-7-19(2)15-22)26(25(21)17-27(20)32-4)18-33-24-11-9-23(31-3)10-12-24/h6-12,15-17,26H,5,13-14,18H2,1-4H3,(H,29,34). The molecule has 4 rings (SSSR count). The van der Waals surface area contributed by atoms with Crippen molar-refractivity contribution in [3.05, 3.63) is 82.9 Å². The predicted octanol–water partition coefficient (Wildman–Crippen LogP) is 5.95. The van der Waals surface area contributed by atoms with Gasteiger partial charge in [0, 0.05) is 12.2 Å². The molecule has 1 aliphatic rings. The van der Waals surface area contributed by atoms with Crippen molar-refractivity contribution in [3.63, 3.8) is 0 Å². The number of hydrogen-bond donors (Lipinski definition) is 1. The zero-order valence-electron chi connectivity index (χ0n) is 20.3. The van der Waals surface area contributed by atoms with Crippen LogP contribution in [0.1, 0.15) is 35.2 Å². The Balaban J connectivity index is 1.63. The van der Waals surface area contributed by atoms with Crippen LogP contribution in [0.2, 0.25) is 0 Å². The molecule has 0 bridgehead atoms. The number of rotatable bonds is 7. The fraction of sp³-hybridized carbons (Fsp3) is 0.321. The number of benzene rings is 3. The first kappa shape index (κ1) is 23.9. The highest BCUT2D eigenvalue weighted by Crippen LogP contribution is 2.36. The summed E-state index contributed by atoms with van der Waals surface area (Å²) in [6.45, 7) is 5.51. The van der Waals surface area contributed by atoms with Gasteiger partial charge in [-0.2, -0.15) is 0 Å². The Morgan fingerprint density at radius 1 is 1.03 bits per heavy atom. The minimum Gasteiger partial charge on any atom is -0.497 e. The Bertz CT molecular complexity index is 1150. The summed E-state index contributed by atoms with van der Waals surface area (Å²) in [7, 11) is 3.39. The molecule has 0 saturated carbocycles. The van der Waals surface area contributed by atoms with Crippen LogP contribution in [0.5, 0.6) is 17.2 Å². The van der Waals surface area contributed by atoms with Crippen molar-refractivity contribution >= 4 is 23.0 Å². The Morgan fingerprint density at radius 2 is 1.79 bits per heavy atom. The first-order chi connectivity index (χ1) is 16.5. The SMILES string of the molecule is CCc1cc2c(cc1OC)C(COc1ccc(OC)cc1)N(C(=S)Nc1cccc(C)c1)CC2. The van der Waals surface area contributed by atoms with Crippen molar-refractivity contribution in [2.45, 2.75) is 32.7 Å². The zero-order chi connectivity index (χ0) is 24.1. The van der Waals surface area contributed by atoms with E-state index >= 15 is 0 Å². The highest BCUT2D eigenvalue weighted by Gasteiger charge is 2.31. The van der Waals surface area contributed by atoms with E-state index in [1.807, 2.05) is 36.4 Å². The second-order valence-electron chi connectivity index (χ2n) is 8.46. The van der Waals surface area contributed by atoms with E-state index in [1.165, 1.54) is 22.3 Å². The van der Waals surface area contributed by atoms with Crippen molar-refractivity contribution in [1.82, 2.24) is 4.90 Å². The molecule has 0 amide bonds. The van der Waals surface area contributed by atoms with Gasteiger partial charge in [-0.25, -0.2) is 0 Å². The Kier molecular flexibility index (Phi) is 7.58. The molecule has 1 heterocycles. The quantitative estimate of drug-likeness (QED) is 0.425. The van der Waals surface area contributed by atoms with E-state index in [1.54, 1.807) is 14.2 Å². The van der Waals surface area contributed by atoms with E-state index < -0.39 is 0 Å². The molecule has 5 nitrogen and oxygen atoms in total. The molecular formula is C28H32N2O3S. The van der Waals surface area contributed by atoms with Crippen molar-refractivity contribution in [1.29, 1.82) is 0 Å². The molecule has 34 heavy (non-hydrogen) atoms. The highest BCUT2D eigenvalue weighted by atomic mass is 32.1. The lowest BCUT2D eigenvalue weighted by Gasteiger charge is -2.39. The van der Waals surface area contributed by atoms with E-state index in [4.69, 9.17) is 26.4 Å². The van der Waals surface area contributed by atoms with Gasteiger partial charge in [0.1, 0.15) is 23.9 Å². The molecule has 1 unspecified atom stereocenters. The average molecular weight is 477 g/mol. The van der Waals surface area contributed by atoms with Gasteiger partial charge < -0.3 is 24.4 Å². The van der Waals surface area contributed by atoms with Crippen molar-refractivity contribution in [2.24, 2.45) is 0 Å². The minimum atomic E-state index is -0.0459. The summed E-state index contributed by atoms with van der Waals surface area (Å²) in [6.07, 6.45) is 1.85. The number of ether oxygens (including phenoxy) is 3. The second kappa shape index (κ2) is 10.8. The lowest BCUT2D eigenvalue weighted by molar-refractivity contribution is 0.190. The molecule has 0 radical (unpaired) electrons. The number of nitrogens with one attached hydrogen (secondary N) is 1. The molecule has 1 N–H and O–H groups in total. The van der Waals surface area contributed by atoms with Gasteiger partial charge in [-0.1, -0.05) is 25.1 Å². The van der Waals surface area contributed by atoms with Gasteiger partial charge in [-0.3, -0.25) is 0 Å². The number of anilines is 1. The molecule has 3 aromatic rings. The monoisotopic (exact) mass is 476 g/mol. The number of hydrogen-bond acceptors (Lipinski definition) is 4. The van der Waals surface area contributed by atoms with Crippen LogP contribution in [-0.2, 0) is 12.8 Å². The van der Waals surface area contributed by atoms with Gasteiger partial charge in [0.05, 0.1) is 20.3 Å². The number of methoxy groups -OCH3 is 2. The molecule has 6 heteroatoms. The fourth-order valence-corrected chi connectivity index (χ4v) is 4.77. The van der Waals surface area contributed by atoms with Crippen LogP contribution in [0.15, 0.2) is 60.7 Å². The Morgan fingerprint density at radius 3 is 2.47 bits per heavy atom. The lowest BCUT2D eigenvalue weighted by atomic mass is 9.90. The van der Waals surface area contributed by atoms with Gasteiger partial charge in [0.15, 0.2) is 5.11 Å².